The van der Waals surface area contributed by atoms with Gasteiger partial charge >= 0.3 is 5.97 Å². The van der Waals surface area contributed by atoms with Gasteiger partial charge in [-0.25, -0.2) is 4.79 Å². The van der Waals surface area contributed by atoms with E-state index in [0.29, 0.717) is 0 Å². The summed E-state index contributed by atoms with van der Waals surface area (Å²) in [6.45, 7) is 1.00. The summed E-state index contributed by atoms with van der Waals surface area (Å²) in [7, 11) is 0. The van der Waals surface area contributed by atoms with E-state index in [1.807, 2.05) is 11.8 Å². The summed E-state index contributed by atoms with van der Waals surface area (Å²) < 4.78 is 0. The molecular formula is C10H10O3S. The number of hydrogen-bond acceptors (Lipinski definition) is 3. The van der Waals surface area contributed by atoms with Crippen molar-refractivity contribution in [2.24, 2.45) is 0 Å². The second-order valence-electron chi connectivity index (χ2n) is 2.80. The molecule has 0 spiro atoms. The summed E-state index contributed by atoms with van der Waals surface area (Å²) >= 11 is 1.92. The van der Waals surface area contributed by atoms with Gasteiger partial charge in [-0.05, 0) is 17.7 Å². The summed E-state index contributed by atoms with van der Waals surface area (Å²) in [5.74, 6) is -1.02. The molecule has 0 saturated carbocycles. The Morgan fingerprint density at radius 3 is 2.50 bits per heavy atom. The van der Waals surface area contributed by atoms with E-state index >= 15 is 0 Å². The molecule has 0 amide bonds. The van der Waals surface area contributed by atoms with Gasteiger partial charge in [0.05, 0.1) is 0 Å². The molecule has 1 aliphatic rings. The summed E-state index contributed by atoms with van der Waals surface area (Å²) in [5, 5.41) is 7.64. The van der Waals surface area contributed by atoms with Crippen LogP contribution >= 0.6 is 11.8 Å². The molecule has 74 valence electrons. The second-order valence-corrected chi connectivity index (χ2v) is 3.85. The van der Waals surface area contributed by atoms with Crippen LogP contribution in [0.1, 0.15) is 12.5 Å². The van der Waals surface area contributed by atoms with Crippen molar-refractivity contribution >= 4 is 23.5 Å². The highest BCUT2D eigenvalue weighted by molar-refractivity contribution is 7.98. The number of aliphatic carboxylic acids is 1. The Labute approximate surface area is 86.1 Å². The fraction of sp³-hybridized carbons (Fsp3) is 0.200. The first-order chi connectivity index (χ1) is 6.59. The van der Waals surface area contributed by atoms with Crippen LogP contribution in [0.5, 0.6) is 0 Å². The van der Waals surface area contributed by atoms with Gasteiger partial charge in [0, 0.05) is 17.6 Å². The lowest BCUT2D eigenvalue weighted by Gasteiger charge is -1.81. The van der Waals surface area contributed by atoms with Crippen molar-refractivity contribution in [1.29, 1.82) is 0 Å². The fourth-order valence-corrected chi connectivity index (χ4v) is 1.81. The number of carbonyl (C=O) groups excluding carboxylic acids is 1. The number of thioether (sulfide) groups is 1. The number of carbonyl (C=O) groups is 2. The van der Waals surface area contributed by atoms with Crippen LogP contribution in [0.2, 0.25) is 0 Å². The zero-order chi connectivity index (χ0) is 10.6. The molecule has 1 N–H and O–H groups in total. The molecule has 0 atom stereocenters. The number of rotatable bonds is 1. The van der Waals surface area contributed by atoms with Gasteiger partial charge in [0.25, 0.3) is 0 Å². The quantitative estimate of drug-likeness (QED) is 0.720. The molecule has 2 bridgehead atoms. The molecule has 14 heavy (non-hydrogen) atoms. The maximum atomic E-state index is 9.54. The van der Waals surface area contributed by atoms with Crippen LogP contribution in [0.25, 0.3) is 0 Å². The molecule has 0 saturated heterocycles. The number of ketones is 1. The molecule has 2 rings (SSSR count). The Hall–Kier alpha value is -1.29. The highest BCUT2D eigenvalue weighted by atomic mass is 32.2. The van der Waals surface area contributed by atoms with E-state index in [4.69, 9.17) is 5.11 Å². The minimum atomic E-state index is -1.38. The number of benzene rings is 1. The molecule has 1 aromatic carbocycles. The molecule has 0 aliphatic carbocycles. The third-order valence-electron chi connectivity index (χ3n) is 1.61. The van der Waals surface area contributed by atoms with E-state index in [0.717, 1.165) is 6.92 Å². The lowest BCUT2D eigenvalue weighted by molar-refractivity contribution is -0.148. The summed E-state index contributed by atoms with van der Waals surface area (Å²) in [4.78, 5) is 20.3. The van der Waals surface area contributed by atoms with E-state index in [2.05, 4.69) is 24.3 Å². The SMILES string of the molecule is CC(=O)C(=O)O.c1cc2cc(c1)SC2. The standard InChI is InChI=1S/C7H6S.C3H4O3/c1-2-6-4-7(3-1)8-5-6;1-2(4)3(5)6/h1-4H,5H2;1H3,(H,5,6). The lowest BCUT2D eigenvalue weighted by Crippen LogP contribution is -2.05. The van der Waals surface area contributed by atoms with Crippen LogP contribution in [-0.2, 0) is 15.3 Å². The van der Waals surface area contributed by atoms with E-state index in [-0.39, 0.29) is 0 Å². The molecule has 0 aromatic heterocycles. The average molecular weight is 210 g/mol. The Morgan fingerprint density at radius 1 is 1.43 bits per heavy atom. The van der Waals surface area contributed by atoms with Crippen LogP contribution in [0.4, 0.5) is 0 Å². The Bertz CT molecular complexity index is 329. The van der Waals surface area contributed by atoms with Crippen molar-refractivity contribution in [3.8, 4) is 0 Å². The van der Waals surface area contributed by atoms with Crippen molar-refractivity contribution in [2.45, 2.75) is 17.6 Å². The summed E-state index contributed by atoms with van der Waals surface area (Å²) in [6, 6.07) is 8.68. The Balaban J connectivity index is 0.000000149. The zero-order valence-corrected chi connectivity index (χ0v) is 8.50. The van der Waals surface area contributed by atoms with E-state index in [9.17, 15) is 9.59 Å². The average Bonchev–Trinajstić information content (AvgIpc) is 2.46. The highest BCUT2D eigenvalue weighted by Gasteiger charge is 2.03. The first kappa shape index (κ1) is 10.8. The topological polar surface area (TPSA) is 54.4 Å². The van der Waals surface area contributed by atoms with Gasteiger partial charge in [-0.1, -0.05) is 12.1 Å². The first-order valence-corrected chi connectivity index (χ1v) is 5.04. The van der Waals surface area contributed by atoms with Gasteiger partial charge in [-0.15, -0.1) is 11.8 Å². The number of carboxylic acid groups (broad SMARTS) is 1. The maximum Gasteiger partial charge on any atom is 0.371 e. The van der Waals surface area contributed by atoms with Gasteiger partial charge in [-0.3, -0.25) is 4.79 Å². The molecule has 3 nitrogen and oxygen atoms in total. The fourth-order valence-electron chi connectivity index (χ4n) is 0.892. The number of fused-ring (bicyclic) bond motifs is 2. The van der Waals surface area contributed by atoms with Crippen LogP contribution in [0.3, 0.4) is 0 Å². The molecule has 0 radical (unpaired) electrons. The molecule has 1 aliphatic heterocycles. The van der Waals surface area contributed by atoms with Crippen molar-refractivity contribution in [1.82, 2.24) is 0 Å². The number of hydrogen-bond donors (Lipinski definition) is 1. The highest BCUT2D eigenvalue weighted by Crippen LogP contribution is 2.30. The minimum absolute atomic E-state index is 0.824. The first-order valence-electron chi connectivity index (χ1n) is 4.05. The van der Waals surface area contributed by atoms with Crippen molar-refractivity contribution in [2.75, 3.05) is 0 Å². The normalized spacial score (nSPS) is 11.5. The molecule has 0 fully saturated rings. The van der Waals surface area contributed by atoms with Gasteiger partial charge in [-0.2, -0.15) is 0 Å². The monoisotopic (exact) mass is 210 g/mol. The number of Topliss-reactive ketones (excluding diaryl/α,β-unsaturated/α-hetero) is 1. The Morgan fingerprint density at radius 2 is 2.07 bits per heavy atom. The van der Waals surface area contributed by atoms with Gasteiger partial charge in [0.15, 0.2) is 0 Å². The summed E-state index contributed by atoms with van der Waals surface area (Å²) in [6.07, 6.45) is 0. The summed E-state index contributed by atoms with van der Waals surface area (Å²) in [5.41, 5.74) is 1.47. The predicted molar refractivity (Wildman–Crippen MR) is 54.3 cm³/mol. The van der Waals surface area contributed by atoms with Gasteiger partial charge < -0.3 is 5.11 Å². The van der Waals surface area contributed by atoms with Crippen LogP contribution < -0.4 is 0 Å². The van der Waals surface area contributed by atoms with Crippen LogP contribution in [0.15, 0.2) is 29.2 Å². The molecule has 1 aromatic rings. The largest absolute Gasteiger partial charge is 0.476 e. The molecule has 1 heterocycles. The third-order valence-corrected chi connectivity index (χ3v) is 2.67. The van der Waals surface area contributed by atoms with Crippen molar-refractivity contribution in [3.05, 3.63) is 29.8 Å². The smallest absolute Gasteiger partial charge is 0.371 e. The van der Waals surface area contributed by atoms with Crippen LogP contribution in [-0.4, -0.2) is 16.9 Å². The van der Waals surface area contributed by atoms with Gasteiger partial charge in [0.1, 0.15) is 0 Å². The molecule has 0 unspecified atom stereocenters. The van der Waals surface area contributed by atoms with Crippen LogP contribution in [0, 0.1) is 0 Å². The zero-order valence-electron chi connectivity index (χ0n) is 7.69. The van der Waals surface area contributed by atoms with Crippen molar-refractivity contribution in [3.63, 3.8) is 0 Å². The lowest BCUT2D eigenvalue weighted by atomic mass is 10.2. The second kappa shape index (κ2) is 4.81. The molecule has 4 heteroatoms. The minimum Gasteiger partial charge on any atom is -0.476 e. The Kier molecular flexibility index (Phi) is 3.71. The van der Waals surface area contributed by atoms with Gasteiger partial charge in [0.2, 0.25) is 5.78 Å². The van der Waals surface area contributed by atoms with Crippen molar-refractivity contribution < 1.29 is 14.7 Å². The predicted octanol–water partition coefficient (Wildman–Crippen LogP) is 1.95. The van der Waals surface area contributed by atoms with E-state index < -0.39 is 11.8 Å². The van der Waals surface area contributed by atoms with E-state index in [1.165, 1.54) is 16.2 Å². The maximum absolute atomic E-state index is 9.54. The number of carboxylic acids is 1. The third kappa shape index (κ3) is 3.22. The molecular weight excluding hydrogens is 200 g/mol. The van der Waals surface area contributed by atoms with E-state index in [1.54, 1.807) is 0 Å².